The third-order valence-electron chi connectivity index (χ3n) is 4.07. The van der Waals surface area contributed by atoms with Crippen LogP contribution >= 0.6 is 0 Å². The predicted octanol–water partition coefficient (Wildman–Crippen LogP) is 3.56. The summed E-state index contributed by atoms with van der Waals surface area (Å²) in [7, 11) is 0. The maximum absolute atomic E-state index is 12.0. The van der Waals surface area contributed by atoms with E-state index < -0.39 is 0 Å². The number of nitrogens with zero attached hydrogens (tertiary/aromatic N) is 3. The molecule has 0 aliphatic rings. The number of rotatable bonds is 4. The van der Waals surface area contributed by atoms with Gasteiger partial charge < -0.3 is 4.57 Å². The Kier molecular flexibility index (Phi) is 4.75. The van der Waals surface area contributed by atoms with Gasteiger partial charge in [-0.2, -0.15) is 5.10 Å². The van der Waals surface area contributed by atoms with Gasteiger partial charge in [-0.3, -0.25) is 9.78 Å². The minimum atomic E-state index is -0.258. The number of benzene rings is 1. The van der Waals surface area contributed by atoms with Crippen LogP contribution in [0.15, 0.2) is 60.0 Å². The average Bonchev–Trinajstić information content (AvgIpc) is 2.90. The van der Waals surface area contributed by atoms with Gasteiger partial charge >= 0.3 is 0 Å². The zero-order valence-corrected chi connectivity index (χ0v) is 14.5. The summed E-state index contributed by atoms with van der Waals surface area (Å²) in [6.07, 6.45) is 4.83. The fraction of sp³-hybridized carbons (Fsp3) is 0.150. The van der Waals surface area contributed by atoms with E-state index in [0.717, 1.165) is 22.6 Å². The summed E-state index contributed by atoms with van der Waals surface area (Å²) < 4.78 is 2.17. The molecule has 0 spiro atoms. The van der Waals surface area contributed by atoms with Crippen LogP contribution in [0.25, 0.3) is 5.69 Å². The minimum Gasteiger partial charge on any atom is -0.318 e. The zero-order chi connectivity index (χ0) is 17.8. The second-order valence-corrected chi connectivity index (χ2v) is 5.93. The van der Waals surface area contributed by atoms with Crippen LogP contribution in [0.2, 0.25) is 0 Å². The Balaban J connectivity index is 1.79. The van der Waals surface area contributed by atoms with E-state index in [4.69, 9.17) is 0 Å². The summed E-state index contributed by atoms with van der Waals surface area (Å²) in [6.45, 7) is 6.17. The molecule has 1 aromatic carbocycles. The normalized spacial score (nSPS) is 11.0. The monoisotopic (exact) mass is 332 g/mol. The molecule has 5 heteroatoms. The fourth-order valence-electron chi connectivity index (χ4n) is 2.74. The Morgan fingerprint density at radius 1 is 1.08 bits per heavy atom. The van der Waals surface area contributed by atoms with Crippen molar-refractivity contribution in [1.29, 1.82) is 0 Å². The molecular weight excluding hydrogens is 312 g/mol. The second-order valence-electron chi connectivity index (χ2n) is 5.93. The molecule has 2 aromatic heterocycles. The first-order valence-corrected chi connectivity index (χ1v) is 8.05. The van der Waals surface area contributed by atoms with Crippen molar-refractivity contribution in [3.8, 4) is 5.69 Å². The minimum absolute atomic E-state index is 0.258. The van der Waals surface area contributed by atoms with E-state index in [2.05, 4.69) is 64.3 Å². The Morgan fingerprint density at radius 3 is 2.44 bits per heavy atom. The number of hydrogen-bond donors (Lipinski definition) is 1. The number of amides is 1. The molecule has 0 unspecified atom stereocenters. The number of hydrogen-bond acceptors (Lipinski definition) is 3. The Hall–Kier alpha value is -3.21. The molecule has 5 nitrogen and oxygen atoms in total. The third kappa shape index (κ3) is 3.66. The molecular formula is C20H20N4O. The van der Waals surface area contributed by atoms with Crippen LogP contribution in [0.3, 0.4) is 0 Å². The van der Waals surface area contributed by atoms with Gasteiger partial charge in [0, 0.05) is 40.6 Å². The van der Waals surface area contributed by atoms with Crippen LogP contribution in [0.1, 0.15) is 32.9 Å². The van der Waals surface area contributed by atoms with Crippen LogP contribution in [0.4, 0.5) is 0 Å². The fourth-order valence-corrected chi connectivity index (χ4v) is 2.74. The molecule has 0 fully saturated rings. The lowest BCUT2D eigenvalue weighted by Crippen LogP contribution is -2.17. The summed E-state index contributed by atoms with van der Waals surface area (Å²) >= 11 is 0. The highest BCUT2D eigenvalue weighted by Crippen LogP contribution is 2.20. The maximum atomic E-state index is 12.0. The highest BCUT2D eigenvalue weighted by atomic mass is 16.2. The molecule has 1 N–H and O–H groups in total. The van der Waals surface area contributed by atoms with E-state index in [1.165, 1.54) is 5.56 Å². The summed E-state index contributed by atoms with van der Waals surface area (Å²) in [5.41, 5.74) is 8.56. The van der Waals surface area contributed by atoms with Crippen molar-refractivity contribution in [2.45, 2.75) is 20.8 Å². The van der Waals surface area contributed by atoms with Crippen molar-refractivity contribution in [3.63, 3.8) is 0 Å². The van der Waals surface area contributed by atoms with Gasteiger partial charge in [0.05, 0.1) is 6.21 Å². The SMILES string of the molecule is Cc1ccc(-n2c(C)cc(/C=N/NC(=O)c3ccncc3)c2C)cc1. The molecule has 25 heavy (non-hydrogen) atoms. The highest BCUT2D eigenvalue weighted by molar-refractivity contribution is 5.94. The summed E-state index contributed by atoms with van der Waals surface area (Å²) in [5, 5.41) is 4.08. The van der Waals surface area contributed by atoms with Gasteiger partial charge in [0.1, 0.15) is 0 Å². The number of pyridine rings is 1. The van der Waals surface area contributed by atoms with Gasteiger partial charge in [-0.25, -0.2) is 5.43 Å². The average molecular weight is 332 g/mol. The molecule has 2 heterocycles. The molecule has 0 bridgehead atoms. The van der Waals surface area contributed by atoms with Gasteiger partial charge in [-0.15, -0.1) is 0 Å². The first-order chi connectivity index (χ1) is 12.1. The van der Waals surface area contributed by atoms with Gasteiger partial charge in [0.2, 0.25) is 0 Å². The Labute approximate surface area is 147 Å². The van der Waals surface area contributed by atoms with Gasteiger partial charge in [-0.1, -0.05) is 17.7 Å². The van der Waals surface area contributed by atoms with Crippen molar-refractivity contribution < 1.29 is 4.79 Å². The van der Waals surface area contributed by atoms with E-state index >= 15 is 0 Å². The quantitative estimate of drug-likeness (QED) is 0.586. The summed E-state index contributed by atoms with van der Waals surface area (Å²) in [6, 6.07) is 13.7. The van der Waals surface area contributed by atoms with Crippen molar-refractivity contribution >= 4 is 12.1 Å². The first-order valence-electron chi connectivity index (χ1n) is 8.05. The highest BCUT2D eigenvalue weighted by Gasteiger charge is 2.09. The van der Waals surface area contributed by atoms with Crippen molar-refractivity contribution in [3.05, 3.63) is 82.9 Å². The van der Waals surface area contributed by atoms with Crippen molar-refractivity contribution in [2.75, 3.05) is 0 Å². The third-order valence-corrected chi connectivity index (χ3v) is 4.07. The van der Waals surface area contributed by atoms with Gasteiger partial charge in [0.25, 0.3) is 5.91 Å². The van der Waals surface area contributed by atoms with E-state index in [1.54, 1.807) is 30.7 Å². The summed E-state index contributed by atoms with van der Waals surface area (Å²) in [5.74, 6) is -0.258. The van der Waals surface area contributed by atoms with Gasteiger partial charge in [-0.05, 0) is 51.1 Å². The van der Waals surface area contributed by atoms with Crippen LogP contribution in [-0.2, 0) is 0 Å². The molecule has 0 aliphatic carbocycles. The van der Waals surface area contributed by atoms with Crippen molar-refractivity contribution in [1.82, 2.24) is 15.0 Å². The maximum Gasteiger partial charge on any atom is 0.271 e. The number of carbonyl (C=O) groups excluding carboxylic acids is 1. The lowest BCUT2D eigenvalue weighted by Gasteiger charge is -2.09. The number of hydrazone groups is 1. The van der Waals surface area contributed by atoms with E-state index in [1.807, 2.05) is 6.92 Å². The summed E-state index contributed by atoms with van der Waals surface area (Å²) in [4.78, 5) is 15.9. The van der Waals surface area contributed by atoms with E-state index in [9.17, 15) is 4.79 Å². The molecule has 0 radical (unpaired) electrons. The first kappa shape index (κ1) is 16.6. The molecule has 0 saturated carbocycles. The standard InChI is InChI=1S/C20H20N4O/c1-14-4-6-19(7-5-14)24-15(2)12-18(16(24)3)13-22-23-20(25)17-8-10-21-11-9-17/h4-13H,1-3H3,(H,23,25)/b22-13+. The van der Waals surface area contributed by atoms with Crippen LogP contribution in [0, 0.1) is 20.8 Å². The van der Waals surface area contributed by atoms with E-state index in [0.29, 0.717) is 5.56 Å². The van der Waals surface area contributed by atoms with Crippen molar-refractivity contribution in [2.24, 2.45) is 5.10 Å². The number of nitrogens with one attached hydrogen (secondary N) is 1. The van der Waals surface area contributed by atoms with Crippen LogP contribution in [0.5, 0.6) is 0 Å². The molecule has 126 valence electrons. The molecule has 3 rings (SSSR count). The molecule has 1 amide bonds. The number of aryl methyl sites for hydroxylation is 2. The predicted molar refractivity (Wildman–Crippen MR) is 99.3 cm³/mol. The number of aromatic nitrogens is 2. The lowest BCUT2D eigenvalue weighted by molar-refractivity contribution is 0.0955. The molecule has 0 aliphatic heterocycles. The smallest absolute Gasteiger partial charge is 0.271 e. The largest absolute Gasteiger partial charge is 0.318 e. The number of carbonyl (C=O) groups is 1. The van der Waals surface area contributed by atoms with Gasteiger partial charge in [0.15, 0.2) is 0 Å². The molecule has 0 atom stereocenters. The topological polar surface area (TPSA) is 59.3 Å². The molecule has 3 aromatic rings. The Morgan fingerprint density at radius 2 is 1.76 bits per heavy atom. The lowest BCUT2D eigenvalue weighted by atomic mass is 10.2. The zero-order valence-electron chi connectivity index (χ0n) is 14.5. The van der Waals surface area contributed by atoms with Crippen LogP contribution < -0.4 is 5.43 Å². The second kappa shape index (κ2) is 7.13. The van der Waals surface area contributed by atoms with Crippen LogP contribution in [-0.4, -0.2) is 21.7 Å². The van der Waals surface area contributed by atoms with E-state index in [-0.39, 0.29) is 5.91 Å². The molecule has 0 saturated heterocycles. The Bertz CT molecular complexity index is 909.